The van der Waals surface area contributed by atoms with E-state index >= 15 is 0 Å². The Bertz CT molecular complexity index is 312. The van der Waals surface area contributed by atoms with Crippen LogP contribution in [0.25, 0.3) is 0 Å². The molecule has 70 valence electrons. The van der Waals surface area contributed by atoms with Crippen LogP contribution in [0.1, 0.15) is 12.5 Å². The van der Waals surface area contributed by atoms with Gasteiger partial charge in [-0.3, -0.25) is 0 Å². The third-order valence-corrected chi connectivity index (χ3v) is 1.88. The Kier molecular flexibility index (Phi) is 3.01. The highest BCUT2D eigenvalue weighted by Gasteiger charge is 2.08. The molecule has 0 radical (unpaired) electrons. The number of nitrogens with two attached hydrogens (primary N) is 1. The summed E-state index contributed by atoms with van der Waals surface area (Å²) in [5, 5.41) is 0. The number of rotatable bonds is 3. The summed E-state index contributed by atoms with van der Waals surface area (Å²) < 4.78 is 13.3. The summed E-state index contributed by atoms with van der Waals surface area (Å²) in [7, 11) is 0. The molecule has 2 nitrogen and oxygen atoms in total. The van der Waals surface area contributed by atoms with Crippen LogP contribution < -0.4 is 5.73 Å². The van der Waals surface area contributed by atoms with Gasteiger partial charge in [0.2, 0.25) is 0 Å². The predicted octanol–water partition coefficient (Wildman–Crippen LogP) is 1.79. The van der Waals surface area contributed by atoms with Crippen LogP contribution in [0.5, 0.6) is 0 Å². The summed E-state index contributed by atoms with van der Waals surface area (Å²) in [6, 6.07) is 4.83. The molecule has 1 unspecified atom stereocenters. The van der Waals surface area contributed by atoms with Gasteiger partial charge in [-0.25, -0.2) is 4.39 Å². The first-order valence-corrected chi connectivity index (χ1v) is 4.13. The first-order chi connectivity index (χ1) is 6.15. The van der Waals surface area contributed by atoms with Crippen molar-refractivity contribution in [2.45, 2.75) is 13.3 Å². The van der Waals surface area contributed by atoms with Crippen LogP contribution in [0.4, 0.5) is 10.1 Å². The number of carbonyl (C=O) groups is 1. The third-order valence-electron chi connectivity index (χ3n) is 1.88. The summed E-state index contributed by atoms with van der Waals surface area (Å²) in [5.74, 6) is -0.576. The molecule has 0 heterocycles. The van der Waals surface area contributed by atoms with Gasteiger partial charge in [0.05, 0.1) is 5.69 Å². The van der Waals surface area contributed by atoms with Crippen LogP contribution in [0.3, 0.4) is 0 Å². The first-order valence-electron chi connectivity index (χ1n) is 4.13. The average molecular weight is 181 g/mol. The van der Waals surface area contributed by atoms with Gasteiger partial charge in [0.15, 0.2) is 0 Å². The lowest BCUT2D eigenvalue weighted by Gasteiger charge is -2.06. The topological polar surface area (TPSA) is 43.1 Å². The number of benzene rings is 1. The molecule has 1 aromatic carbocycles. The molecule has 0 aliphatic carbocycles. The SMILES string of the molecule is CC(C=O)Cc1cccc(N)c1F. The number of nitrogen functional groups attached to an aromatic ring is 1. The average Bonchev–Trinajstić information content (AvgIpc) is 2.13. The summed E-state index contributed by atoms with van der Waals surface area (Å²) >= 11 is 0. The van der Waals surface area contributed by atoms with Gasteiger partial charge < -0.3 is 10.5 Å². The molecule has 13 heavy (non-hydrogen) atoms. The Labute approximate surface area is 76.6 Å². The van der Waals surface area contributed by atoms with Crippen molar-refractivity contribution in [1.82, 2.24) is 0 Å². The second-order valence-electron chi connectivity index (χ2n) is 3.14. The summed E-state index contributed by atoms with van der Waals surface area (Å²) in [6.45, 7) is 1.75. The van der Waals surface area contributed by atoms with Gasteiger partial charge >= 0.3 is 0 Å². The van der Waals surface area contributed by atoms with Crippen LogP contribution in [0, 0.1) is 11.7 Å². The van der Waals surface area contributed by atoms with E-state index in [0.29, 0.717) is 12.0 Å². The molecular formula is C10H12FNO. The Morgan fingerprint density at radius 1 is 1.62 bits per heavy atom. The molecule has 1 rings (SSSR count). The smallest absolute Gasteiger partial charge is 0.149 e. The molecule has 3 heteroatoms. The first kappa shape index (κ1) is 9.71. The predicted molar refractivity (Wildman–Crippen MR) is 49.7 cm³/mol. The van der Waals surface area contributed by atoms with E-state index in [1.807, 2.05) is 0 Å². The monoisotopic (exact) mass is 181 g/mol. The van der Waals surface area contributed by atoms with E-state index in [1.54, 1.807) is 19.1 Å². The molecule has 2 N–H and O–H groups in total. The minimum absolute atomic E-state index is 0.135. The van der Waals surface area contributed by atoms with Crippen molar-refractivity contribution in [3.05, 3.63) is 29.6 Å². The molecule has 0 fully saturated rings. The number of aldehydes is 1. The Morgan fingerprint density at radius 2 is 2.31 bits per heavy atom. The summed E-state index contributed by atoms with van der Waals surface area (Å²) in [6.07, 6.45) is 1.21. The van der Waals surface area contributed by atoms with Crippen LogP contribution in [0.2, 0.25) is 0 Å². The number of hydrogen-bond donors (Lipinski definition) is 1. The van der Waals surface area contributed by atoms with E-state index < -0.39 is 5.82 Å². The highest BCUT2D eigenvalue weighted by atomic mass is 19.1. The van der Waals surface area contributed by atoms with Crippen molar-refractivity contribution >= 4 is 12.0 Å². The highest BCUT2D eigenvalue weighted by molar-refractivity contribution is 5.54. The van der Waals surface area contributed by atoms with Gasteiger partial charge in [0.1, 0.15) is 12.1 Å². The van der Waals surface area contributed by atoms with E-state index in [2.05, 4.69) is 0 Å². The third kappa shape index (κ3) is 2.28. The van der Waals surface area contributed by atoms with Crippen molar-refractivity contribution in [3.63, 3.8) is 0 Å². The number of halogens is 1. The van der Waals surface area contributed by atoms with E-state index in [1.165, 1.54) is 6.07 Å². The second-order valence-corrected chi connectivity index (χ2v) is 3.14. The van der Waals surface area contributed by atoms with Crippen LogP contribution in [-0.2, 0) is 11.2 Å². The lowest BCUT2D eigenvalue weighted by molar-refractivity contribution is -0.110. The van der Waals surface area contributed by atoms with Crippen LogP contribution in [0.15, 0.2) is 18.2 Å². The van der Waals surface area contributed by atoms with Gasteiger partial charge in [-0.15, -0.1) is 0 Å². The number of hydrogen-bond acceptors (Lipinski definition) is 2. The van der Waals surface area contributed by atoms with Crippen molar-refractivity contribution in [3.8, 4) is 0 Å². The van der Waals surface area contributed by atoms with E-state index in [0.717, 1.165) is 6.29 Å². The van der Waals surface area contributed by atoms with E-state index in [4.69, 9.17) is 5.73 Å². The molecule has 0 aliphatic heterocycles. The quantitative estimate of drug-likeness (QED) is 0.570. The lowest BCUT2D eigenvalue weighted by Crippen LogP contribution is -2.04. The van der Waals surface area contributed by atoms with Crippen LogP contribution >= 0.6 is 0 Å². The van der Waals surface area contributed by atoms with Gasteiger partial charge in [-0.2, -0.15) is 0 Å². The maximum atomic E-state index is 13.3. The molecule has 0 spiro atoms. The molecule has 0 aliphatic rings. The van der Waals surface area contributed by atoms with Crippen molar-refractivity contribution in [1.29, 1.82) is 0 Å². The minimum atomic E-state index is -0.406. The fourth-order valence-corrected chi connectivity index (χ4v) is 1.15. The summed E-state index contributed by atoms with van der Waals surface area (Å²) in [4.78, 5) is 10.4. The zero-order valence-corrected chi connectivity index (χ0v) is 7.46. The minimum Gasteiger partial charge on any atom is -0.396 e. The van der Waals surface area contributed by atoms with Gasteiger partial charge in [-0.05, 0) is 18.1 Å². The number of carbonyl (C=O) groups excluding carboxylic acids is 1. The fraction of sp³-hybridized carbons (Fsp3) is 0.300. The second kappa shape index (κ2) is 4.03. The number of anilines is 1. The highest BCUT2D eigenvalue weighted by Crippen LogP contribution is 2.17. The fourth-order valence-electron chi connectivity index (χ4n) is 1.15. The molecular weight excluding hydrogens is 169 g/mol. The Morgan fingerprint density at radius 3 is 2.92 bits per heavy atom. The molecule has 1 aromatic rings. The van der Waals surface area contributed by atoms with Gasteiger partial charge in [0.25, 0.3) is 0 Å². The van der Waals surface area contributed by atoms with Gasteiger partial charge in [-0.1, -0.05) is 19.1 Å². The largest absolute Gasteiger partial charge is 0.396 e. The van der Waals surface area contributed by atoms with Crippen molar-refractivity contribution < 1.29 is 9.18 Å². The van der Waals surface area contributed by atoms with Crippen LogP contribution in [-0.4, -0.2) is 6.29 Å². The molecule has 0 saturated heterocycles. The normalized spacial score (nSPS) is 12.5. The zero-order valence-electron chi connectivity index (χ0n) is 7.46. The zero-order chi connectivity index (χ0) is 9.84. The molecule has 0 saturated carbocycles. The lowest BCUT2D eigenvalue weighted by atomic mass is 10.0. The molecule has 1 atom stereocenters. The summed E-state index contributed by atoms with van der Waals surface area (Å²) in [5.41, 5.74) is 6.01. The van der Waals surface area contributed by atoms with E-state index in [-0.39, 0.29) is 11.6 Å². The Balaban J connectivity index is 2.88. The van der Waals surface area contributed by atoms with Crippen molar-refractivity contribution in [2.24, 2.45) is 5.92 Å². The standard InChI is InChI=1S/C10H12FNO/c1-7(6-13)5-8-3-2-4-9(12)10(8)11/h2-4,6-7H,5,12H2,1H3. The maximum absolute atomic E-state index is 13.3. The van der Waals surface area contributed by atoms with E-state index in [9.17, 15) is 9.18 Å². The van der Waals surface area contributed by atoms with Gasteiger partial charge in [0, 0.05) is 5.92 Å². The van der Waals surface area contributed by atoms with Crippen molar-refractivity contribution in [2.75, 3.05) is 5.73 Å². The molecule has 0 aromatic heterocycles. The molecule has 0 bridgehead atoms. The maximum Gasteiger partial charge on any atom is 0.149 e. The molecule has 0 amide bonds. The Hall–Kier alpha value is -1.38.